The number of rotatable bonds is 5. The van der Waals surface area contributed by atoms with Crippen molar-refractivity contribution in [3.05, 3.63) is 30.1 Å². The van der Waals surface area contributed by atoms with E-state index in [0.717, 1.165) is 5.69 Å². The molecule has 2 heterocycles. The normalized spacial score (nSPS) is 26.3. The first-order valence-electron chi connectivity index (χ1n) is 6.34. The molecule has 2 rings (SSSR count). The highest BCUT2D eigenvalue weighted by molar-refractivity contribution is 5.72. The van der Waals surface area contributed by atoms with E-state index in [0.29, 0.717) is 19.7 Å². The molecule has 1 amide bonds. The molecule has 0 bridgehead atoms. The second kappa shape index (κ2) is 6.60. The van der Waals surface area contributed by atoms with E-state index < -0.39 is 6.10 Å². The minimum absolute atomic E-state index is 0.124. The van der Waals surface area contributed by atoms with Gasteiger partial charge in [-0.2, -0.15) is 0 Å². The molecule has 1 aliphatic rings. The summed E-state index contributed by atoms with van der Waals surface area (Å²) < 4.78 is 5.47. The topological polar surface area (TPSA) is 83.5 Å². The van der Waals surface area contributed by atoms with Crippen LogP contribution in [0.5, 0.6) is 0 Å². The lowest BCUT2D eigenvalue weighted by Gasteiger charge is -2.18. The molecule has 6 nitrogen and oxygen atoms in total. The Bertz CT molecular complexity index is 413. The Morgan fingerprint density at radius 3 is 3.11 bits per heavy atom. The number of ether oxygens (including phenoxy) is 1. The number of carbonyl (C=O) groups is 1. The number of aromatic nitrogens is 1. The summed E-state index contributed by atoms with van der Waals surface area (Å²) in [6, 6.07) is 5.57. The number of aliphatic hydroxyl groups is 1. The van der Waals surface area contributed by atoms with Crippen LogP contribution in [-0.4, -0.2) is 47.4 Å². The van der Waals surface area contributed by atoms with Gasteiger partial charge in [0.15, 0.2) is 0 Å². The van der Waals surface area contributed by atoms with Crippen LogP contribution >= 0.6 is 0 Å². The van der Waals surface area contributed by atoms with Crippen molar-refractivity contribution < 1.29 is 14.6 Å². The van der Waals surface area contributed by atoms with E-state index in [4.69, 9.17) is 4.74 Å². The summed E-state index contributed by atoms with van der Waals surface area (Å²) in [6.45, 7) is 2.79. The molecule has 1 fully saturated rings. The van der Waals surface area contributed by atoms with Crippen LogP contribution in [0.25, 0.3) is 0 Å². The number of carbonyl (C=O) groups excluding carboxylic acids is 1. The average Bonchev–Trinajstić information content (AvgIpc) is 2.76. The number of hydrogen-bond acceptors (Lipinski definition) is 5. The van der Waals surface area contributed by atoms with Gasteiger partial charge < -0.3 is 20.5 Å². The summed E-state index contributed by atoms with van der Waals surface area (Å²) in [6.07, 6.45) is 0.749. The molecular formula is C13H19N3O3. The SMILES string of the molecule is CC(=O)NCC1OCC(NCc2ccccn2)C1O. The lowest BCUT2D eigenvalue weighted by atomic mass is 10.1. The Morgan fingerprint density at radius 1 is 1.58 bits per heavy atom. The zero-order chi connectivity index (χ0) is 13.7. The van der Waals surface area contributed by atoms with Gasteiger partial charge in [0, 0.05) is 26.2 Å². The molecule has 0 spiro atoms. The smallest absolute Gasteiger partial charge is 0.216 e. The molecule has 1 aliphatic heterocycles. The minimum Gasteiger partial charge on any atom is -0.389 e. The molecular weight excluding hydrogens is 246 g/mol. The highest BCUT2D eigenvalue weighted by atomic mass is 16.5. The van der Waals surface area contributed by atoms with Gasteiger partial charge in [0.2, 0.25) is 5.91 Å². The standard InChI is InChI=1S/C13H19N3O3/c1-9(17)15-7-12-13(18)11(8-19-12)16-6-10-4-2-3-5-14-10/h2-5,11-13,16,18H,6-8H2,1H3,(H,15,17). The largest absolute Gasteiger partial charge is 0.389 e. The number of nitrogens with one attached hydrogen (secondary N) is 2. The first-order chi connectivity index (χ1) is 9.16. The molecule has 0 aliphatic carbocycles. The molecule has 19 heavy (non-hydrogen) atoms. The first-order valence-corrected chi connectivity index (χ1v) is 6.34. The second-order valence-corrected chi connectivity index (χ2v) is 4.61. The third-order valence-electron chi connectivity index (χ3n) is 3.11. The summed E-state index contributed by atoms with van der Waals surface area (Å²) >= 11 is 0. The predicted octanol–water partition coefficient (Wildman–Crippen LogP) is -0.564. The van der Waals surface area contributed by atoms with Crippen LogP contribution in [0, 0.1) is 0 Å². The second-order valence-electron chi connectivity index (χ2n) is 4.61. The van der Waals surface area contributed by atoms with E-state index >= 15 is 0 Å². The van der Waals surface area contributed by atoms with Crippen LogP contribution < -0.4 is 10.6 Å². The third-order valence-corrected chi connectivity index (χ3v) is 3.11. The van der Waals surface area contributed by atoms with Crippen molar-refractivity contribution in [3.8, 4) is 0 Å². The van der Waals surface area contributed by atoms with Crippen molar-refractivity contribution in [1.29, 1.82) is 0 Å². The van der Waals surface area contributed by atoms with Crippen LogP contribution in [0.4, 0.5) is 0 Å². The van der Waals surface area contributed by atoms with Crippen molar-refractivity contribution in [2.24, 2.45) is 0 Å². The van der Waals surface area contributed by atoms with Gasteiger partial charge in [-0.25, -0.2) is 0 Å². The van der Waals surface area contributed by atoms with Gasteiger partial charge in [0.25, 0.3) is 0 Å². The lowest BCUT2D eigenvalue weighted by molar-refractivity contribution is -0.119. The molecule has 3 N–H and O–H groups in total. The predicted molar refractivity (Wildman–Crippen MR) is 69.3 cm³/mol. The Balaban J connectivity index is 1.78. The maximum atomic E-state index is 10.8. The molecule has 1 aromatic rings. The van der Waals surface area contributed by atoms with Crippen molar-refractivity contribution in [2.45, 2.75) is 31.7 Å². The summed E-state index contributed by atoms with van der Waals surface area (Å²) in [4.78, 5) is 15.0. The summed E-state index contributed by atoms with van der Waals surface area (Å²) in [5.74, 6) is -0.124. The molecule has 0 saturated carbocycles. The zero-order valence-corrected chi connectivity index (χ0v) is 10.9. The fourth-order valence-electron chi connectivity index (χ4n) is 2.03. The maximum absolute atomic E-state index is 10.8. The van der Waals surface area contributed by atoms with Crippen LogP contribution in [0.2, 0.25) is 0 Å². The van der Waals surface area contributed by atoms with Crippen LogP contribution in [0.3, 0.4) is 0 Å². The molecule has 0 aromatic carbocycles. The van der Waals surface area contributed by atoms with Gasteiger partial charge in [-0.05, 0) is 12.1 Å². The monoisotopic (exact) mass is 265 g/mol. The van der Waals surface area contributed by atoms with E-state index in [2.05, 4.69) is 15.6 Å². The molecule has 6 heteroatoms. The van der Waals surface area contributed by atoms with Gasteiger partial charge >= 0.3 is 0 Å². The number of hydrogen-bond donors (Lipinski definition) is 3. The van der Waals surface area contributed by atoms with Crippen molar-refractivity contribution in [3.63, 3.8) is 0 Å². The Labute approximate surface area is 112 Å². The van der Waals surface area contributed by atoms with E-state index in [-0.39, 0.29) is 18.1 Å². The van der Waals surface area contributed by atoms with Gasteiger partial charge in [0.1, 0.15) is 6.10 Å². The number of pyridine rings is 1. The highest BCUT2D eigenvalue weighted by Gasteiger charge is 2.35. The lowest BCUT2D eigenvalue weighted by Crippen LogP contribution is -2.44. The third kappa shape index (κ3) is 3.99. The summed E-state index contributed by atoms with van der Waals surface area (Å²) in [5, 5.41) is 15.9. The highest BCUT2D eigenvalue weighted by Crippen LogP contribution is 2.14. The molecule has 3 atom stereocenters. The van der Waals surface area contributed by atoms with E-state index in [1.54, 1.807) is 6.20 Å². The van der Waals surface area contributed by atoms with Crippen molar-refractivity contribution in [2.75, 3.05) is 13.2 Å². The van der Waals surface area contributed by atoms with E-state index in [1.807, 2.05) is 18.2 Å². The quantitative estimate of drug-likeness (QED) is 0.664. The average molecular weight is 265 g/mol. The van der Waals surface area contributed by atoms with Crippen LogP contribution in [-0.2, 0) is 16.1 Å². The van der Waals surface area contributed by atoms with Crippen molar-refractivity contribution in [1.82, 2.24) is 15.6 Å². The van der Waals surface area contributed by atoms with Gasteiger partial charge in [-0.15, -0.1) is 0 Å². The van der Waals surface area contributed by atoms with Crippen LogP contribution in [0.1, 0.15) is 12.6 Å². The summed E-state index contributed by atoms with van der Waals surface area (Å²) in [7, 11) is 0. The van der Waals surface area contributed by atoms with Crippen LogP contribution in [0.15, 0.2) is 24.4 Å². The number of aliphatic hydroxyl groups excluding tert-OH is 1. The van der Waals surface area contributed by atoms with Gasteiger partial charge in [-0.3, -0.25) is 9.78 Å². The Kier molecular flexibility index (Phi) is 4.84. The van der Waals surface area contributed by atoms with E-state index in [1.165, 1.54) is 6.92 Å². The first kappa shape index (κ1) is 13.9. The molecule has 0 radical (unpaired) electrons. The van der Waals surface area contributed by atoms with E-state index in [9.17, 15) is 9.90 Å². The van der Waals surface area contributed by atoms with Crippen molar-refractivity contribution >= 4 is 5.91 Å². The number of amides is 1. The molecule has 104 valence electrons. The zero-order valence-electron chi connectivity index (χ0n) is 10.9. The number of nitrogens with zero attached hydrogens (tertiary/aromatic N) is 1. The Hall–Kier alpha value is -1.50. The molecule has 3 unspecified atom stereocenters. The molecule has 1 aromatic heterocycles. The maximum Gasteiger partial charge on any atom is 0.216 e. The van der Waals surface area contributed by atoms with Gasteiger partial charge in [-0.1, -0.05) is 6.07 Å². The fourth-order valence-corrected chi connectivity index (χ4v) is 2.03. The molecule has 1 saturated heterocycles. The summed E-state index contributed by atoms with van der Waals surface area (Å²) in [5.41, 5.74) is 0.917. The fraction of sp³-hybridized carbons (Fsp3) is 0.538. The minimum atomic E-state index is -0.629. The van der Waals surface area contributed by atoms with Gasteiger partial charge in [0.05, 0.1) is 24.4 Å². The Morgan fingerprint density at radius 2 is 2.42 bits per heavy atom.